The molecule has 0 unspecified atom stereocenters. The summed E-state index contributed by atoms with van der Waals surface area (Å²) in [6, 6.07) is 10.1. The largest absolute Gasteiger partial charge is 0.417 e. The molecule has 8 heteroatoms. The van der Waals surface area contributed by atoms with E-state index < -0.39 is 22.8 Å². The Hall–Kier alpha value is -2.72. The first-order valence-corrected chi connectivity index (χ1v) is 8.10. The second-order valence-electron chi connectivity index (χ2n) is 5.89. The van der Waals surface area contributed by atoms with E-state index in [1.54, 1.807) is 17.0 Å². The molecule has 0 spiro atoms. The third-order valence-corrected chi connectivity index (χ3v) is 4.47. The minimum absolute atomic E-state index is 0.193. The van der Waals surface area contributed by atoms with Gasteiger partial charge in [-0.25, -0.2) is 4.79 Å². The molecule has 4 nitrogen and oxygen atoms in total. The Morgan fingerprint density at radius 1 is 1.19 bits per heavy atom. The van der Waals surface area contributed by atoms with Gasteiger partial charge in [-0.2, -0.15) is 18.4 Å². The topological polar surface area (TPSA) is 56.1 Å². The van der Waals surface area contributed by atoms with Crippen molar-refractivity contribution in [1.29, 1.82) is 5.26 Å². The Labute approximate surface area is 152 Å². The van der Waals surface area contributed by atoms with Crippen molar-refractivity contribution in [2.75, 3.05) is 11.9 Å². The minimum atomic E-state index is -4.54. The zero-order valence-electron chi connectivity index (χ0n) is 13.4. The van der Waals surface area contributed by atoms with Gasteiger partial charge in [-0.3, -0.25) is 0 Å². The van der Waals surface area contributed by atoms with Crippen molar-refractivity contribution in [3.05, 3.63) is 63.7 Å². The van der Waals surface area contributed by atoms with E-state index in [1.807, 2.05) is 6.07 Å². The van der Waals surface area contributed by atoms with Crippen LogP contribution in [0.5, 0.6) is 0 Å². The van der Waals surface area contributed by atoms with E-state index in [2.05, 4.69) is 11.4 Å². The van der Waals surface area contributed by atoms with Crippen molar-refractivity contribution in [3.63, 3.8) is 0 Å². The Kier molecular flexibility index (Phi) is 4.79. The van der Waals surface area contributed by atoms with Crippen LogP contribution in [0, 0.1) is 11.3 Å². The number of anilines is 1. The Morgan fingerprint density at radius 3 is 2.62 bits per heavy atom. The van der Waals surface area contributed by atoms with Crippen molar-refractivity contribution in [3.8, 4) is 6.07 Å². The number of urea groups is 1. The highest BCUT2D eigenvalue weighted by Gasteiger charge is 2.33. The first kappa shape index (κ1) is 18.1. The molecule has 0 aromatic heterocycles. The second kappa shape index (κ2) is 6.89. The molecule has 0 saturated carbocycles. The predicted octanol–water partition coefficient (Wildman–Crippen LogP) is 4.82. The highest BCUT2D eigenvalue weighted by atomic mass is 35.5. The van der Waals surface area contributed by atoms with Crippen LogP contribution in [0.25, 0.3) is 0 Å². The summed E-state index contributed by atoms with van der Waals surface area (Å²) in [5, 5.41) is 11.0. The SMILES string of the molecule is N#Cc1ccc2c(c1)CCN(C(=O)Nc1ccc(C(F)(F)F)c(Cl)c1)C2. The second-order valence-corrected chi connectivity index (χ2v) is 6.30. The molecule has 0 saturated heterocycles. The zero-order valence-corrected chi connectivity index (χ0v) is 14.2. The molecule has 3 rings (SSSR count). The van der Waals surface area contributed by atoms with E-state index in [4.69, 9.17) is 16.9 Å². The van der Waals surface area contributed by atoms with Gasteiger partial charge in [0.25, 0.3) is 0 Å². The maximum absolute atomic E-state index is 12.7. The average Bonchev–Trinajstić information content (AvgIpc) is 2.59. The predicted molar refractivity (Wildman–Crippen MR) is 90.7 cm³/mol. The number of alkyl halides is 3. The minimum Gasteiger partial charge on any atom is -0.320 e. The molecule has 26 heavy (non-hydrogen) atoms. The molecule has 0 fully saturated rings. The number of fused-ring (bicyclic) bond motifs is 1. The molecular formula is C18H13ClF3N3O. The van der Waals surface area contributed by atoms with Crippen LogP contribution in [0.2, 0.25) is 5.02 Å². The lowest BCUT2D eigenvalue weighted by atomic mass is 9.98. The van der Waals surface area contributed by atoms with E-state index >= 15 is 0 Å². The summed E-state index contributed by atoms with van der Waals surface area (Å²) in [5.41, 5.74) is 1.78. The molecule has 1 aliphatic heterocycles. The molecule has 2 aromatic carbocycles. The fourth-order valence-corrected chi connectivity index (χ4v) is 3.11. The van der Waals surface area contributed by atoms with Crippen LogP contribution in [0.1, 0.15) is 22.3 Å². The first-order chi connectivity index (χ1) is 12.3. The quantitative estimate of drug-likeness (QED) is 0.772. The Balaban J connectivity index is 1.71. The van der Waals surface area contributed by atoms with Gasteiger partial charge in [-0.1, -0.05) is 17.7 Å². The van der Waals surface area contributed by atoms with E-state index in [0.29, 0.717) is 25.1 Å². The van der Waals surface area contributed by atoms with E-state index in [9.17, 15) is 18.0 Å². The van der Waals surface area contributed by atoms with Gasteiger partial charge >= 0.3 is 12.2 Å². The molecule has 2 aromatic rings. The average molecular weight is 380 g/mol. The van der Waals surface area contributed by atoms with Crippen LogP contribution >= 0.6 is 11.6 Å². The number of halogens is 4. The van der Waals surface area contributed by atoms with Crippen LogP contribution in [0.15, 0.2) is 36.4 Å². The fourth-order valence-electron chi connectivity index (χ4n) is 2.82. The fraction of sp³-hybridized carbons (Fsp3) is 0.222. The van der Waals surface area contributed by atoms with Gasteiger partial charge in [0.2, 0.25) is 0 Å². The van der Waals surface area contributed by atoms with Crippen LogP contribution in [0.4, 0.5) is 23.7 Å². The van der Waals surface area contributed by atoms with Gasteiger partial charge in [0.05, 0.1) is 22.2 Å². The van der Waals surface area contributed by atoms with Crippen molar-refractivity contribution in [2.45, 2.75) is 19.1 Å². The number of amides is 2. The normalized spacial score (nSPS) is 13.7. The van der Waals surface area contributed by atoms with Crippen molar-refractivity contribution in [1.82, 2.24) is 4.90 Å². The highest BCUT2D eigenvalue weighted by Crippen LogP contribution is 2.36. The summed E-state index contributed by atoms with van der Waals surface area (Å²) in [6.45, 7) is 0.809. The van der Waals surface area contributed by atoms with Crippen molar-refractivity contribution >= 4 is 23.3 Å². The van der Waals surface area contributed by atoms with Crippen LogP contribution < -0.4 is 5.32 Å². The number of rotatable bonds is 1. The van der Waals surface area contributed by atoms with Gasteiger partial charge in [-0.15, -0.1) is 0 Å². The van der Waals surface area contributed by atoms with Gasteiger partial charge in [0.15, 0.2) is 0 Å². The number of nitriles is 1. The van der Waals surface area contributed by atoms with Crippen LogP contribution in [0.3, 0.4) is 0 Å². The molecule has 134 valence electrons. The monoisotopic (exact) mass is 379 g/mol. The Bertz CT molecular complexity index is 906. The first-order valence-electron chi connectivity index (χ1n) is 7.72. The lowest BCUT2D eigenvalue weighted by molar-refractivity contribution is -0.137. The zero-order chi connectivity index (χ0) is 18.9. The van der Waals surface area contributed by atoms with Crippen LogP contribution in [-0.2, 0) is 19.1 Å². The number of nitrogens with zero attached hydrogens (tertiary/aromatic N) is 2. The van der Waals surface area contributed by atoms with E-state index in [-0.39, 0.29) is 5.69 Å². The molecule has 0 aliphatic carbocycles. The molecule has 1 N–H and O–H groups in total. The Morgan fingerprint density at radius 2 is 1.96 bits per heavy atom. The lowest BCUT2D eigenvalue weighted by Crippen LogP contribution is -2.38. The molecule has 0 atom stereocenters. The van der Waals surface area contributed by atoms with Gasteiger partial charge in [0, 0.05) is 18.8 Å². The molecule has 2 amide bonds. The summed E-state index contributed by atoms with van der Waals surface area (Å²) in [7, 11) is 0. The summed E-state index contributed by atoms with van der Waals surface area (Å²) in [6.07, 6.45) is -3.94. The van der Waals surface area contributed by atoms with Gasteiger partial charge in [-0.05, 0) is 47.9 Å². The number of nitrogens with one attached hydrogen (secondary N) is 1. The third kappa shape index (κ3) is 3.75. The summed E-state index contributed by atoms with van der Waals surface area (Å²) in [4.78, 5) is 13.9. The molecule has 0 radical (unpaired) electrons. The summed E-state index contributed by atoms with van der Waals surface area (Å²) >= 11 is 5.67. The van der Waals surface area contributed by atoms with E-state index in [0.717, 1.165) is 23.3 Å². The number of hydrogen-bond donors (Lipinski definition) is 1. The molecule has 1 aliphatic rings. The standard InChI is InChI=1S/C18H13ClF3N3O/c19-16-8-14(3-4-15(16)18(20,21)22)24-17(26)25-6-5-12-7-11(9-23)1-2-13(12)10-25/h1-4,7-8H,5-6,10H2,(H,24,26). The number of benzene rings is 2. The number of carbonyl (C=O) groups is 1. The van der Waals surface area contributed by atoms with Crippen molar-refractivity contribution < 1.29 is 18.0 Å². The third-order valence-electron chi connectivity index (χ3n) is 4.16. The number of hydrogen-bond acceptors (Lipinski definition) is 2. The number of carbonyl (C=O) groups excluding carboxylic acids is 1. The molecular weight excluding hydrogens is 367 g/mol. The summed E-state index contributed by atoms with van der Waals surface area (Å²) < 4.78 is 38.2. The molecule has 0 bridgehead atoms. The maximum Gasteiger partial charge on any atom is 0.417 e. The highest BCUT2D eigenvalue weighted by molar-refractivity contribution is 6.31. The maximum atomic E-state index is 12.7. The van der Waals surface area contributed by atoms with Gasteiger partial charge in [0.1, 0.15) is 0 Å². The smallest absolute Gasteiger partial charge is 0.320 e. The molecule has 1 heterocycles. The van der Waals surface area contributed by atoms with Crippen molar-refractivity contribution in [2.24, 2.45) is 0 Å². The summed E-state index contributed by atoms with van der Waals surface area (Å²) in [5.74, 6) is 0. The lowest BCUT2D eigenvalue weighted by Gasteiger charge is -2.29. The van der Waals surface area contributed by atoms with Gasteiger partial charge < -0.3 is 10.2 Å². The van der Waals surface area contributed by atoms with E-state index in [1.165, 1.54) is 6.07 Å². The van der Waals surface area contributed by atoms with Crippen LogP contribution in [-0.4, -0.2) is 17.5 Å².